The van der Waals surface area contributed by atoms with Crippen LogP contribution in [0.5, 0.6) is 17.2 Å². The Hall–Kier alpha value is -2.63. The van der Waals surface area contributed by atoms with Gasteiger partial charge >= 0.3 is 0 Å². The van der Waals surface area contributed by atoms with Crippen LogP contribution in [0.25, 0.3) is 0 Å². The molecule has 0 atom stereocenters. The highest BCUT2D eigenvalue weighted by Crippen LogP contribution is 2.31. The molecule has 1 aliphatic heterocycles. The molecule has 0 aliphatic carbocycles. The summed E-state index contributed by atoms with van der Waals surface area (Å²) in [7, 11) is 3.67. The lowest BCUT2D eigenvalue weighted by molar-refractivity contribution is -0.123. The van der Waals surface area contributed by atoms with Crippen LogP contribution in [-0.4, -0.2) is 51.3 Å². The molecule has 6 nitrogen and oxygen atoms in total. The molecule has 1 amide bonds. The standard InChI is InChI=1S/C29H46N2O4/c1-4-5-6-7-8-9-10-11-12-15-22-34-27-18-17-26(23-28(27)33-3)35-24-29(32)30-20-19-25-16-13-14-21-31(25)2/h13-14,16-18,23H,4-12,15,19-22,24H2,1-3H3,(H,30,32). The van der Waals surface area contributed by atoms with Gasteiger partial charge in [0.1, 0.15) is 5.75 Å². The molecule has 0 saturated carbocycles. The van der Waals surface area contributed by atoms with E-state index in [0.29, 0.717) is 30.4 Å². The number of benzene rings is 1. The first-order chi connectivity index (χ1) is 17.1. The van der Waals surface area contributed by atoms with Crippen LogP contribution >= 0.6 is 0 Å². The van der Waals surface area contributed by atoms with Gasteiger partial charge in [-0.15, -0.1) is 0 Å². The number of methoxy groups -OCH3 is 1. The minimum Gasteiger partial charge on any atom is -0.493 e. The molecule has 35 heavy (non-hydrogen) atoms. The van der Waals surface area contributed by atoms with E-state index < -0.39 is 0 Å². The highest BCUT2D eigenvalue weighted by Gasteiger charge is 2.10. The quantitative estimate of drug-likeness (QED) is 0.234. The van der Waals surface area contributed by atoms with Crippen LogP contribution in [0.1, 0.15) is 77.6 Å². The second-order valence-corrected chi connectivity index (χ2v) is 9.20. The van der Waals surface area contributed by atoms with Gasteiger partial charge in [0, 0.05) is 38.3 Å². The molecular formula is C29H46N2O4. The third-order valence-corrected chi connectivity index (χ3v) is 6.26. The summed E-state index contributed by atoms with van der Waals surface area (Å²) in [6, 6.07) is 5.44. The maximum atomic E-state index is 12.1. The van der Waals surface area contributed by atoms with Gasteiger partial charge in [0.05, 0.1) is 13.7 Å². The lowest BCUT2D eigenvalue weighted by atomic mass is 10.1. The maximum absolute atomic E-state index is 12.1. The second kappa shape index (κ2) is 17.8. The molecule has 2 rings (SSSR count). The number of hydrogen-bond acceptors (Lipinski definition) is 5. The number of allylic oxidation sites excluding steroid dienone is 2. The normalized spacial score (nSPS) is 12.9. The number of ether oxygens (including phenoxy) is 3. The Labute approximate surface area is 212 Å². The van der Waals surface area contributed by atoms with Crippen LogP contribution in [0.3, 0.4) is 0 Å². The van der Waals surface area contributed by atoms with Crippen LogP contribution in [-0.2, 0) is 4.79 Å². The predicted molar refractivity (Wildman–Crippen MR) is 143 cm³/mol. The van der Waals surface area contributed by atoms with Gasteiger partial charge < -0.3 is 24.4 Å². The Kier molecular flexibility index (Phi) is 14.5. The Morgan fingerprint density at radius 1 is 0.971 bits per heavy atom. The van der Waals surface area contributed by atoms with Crippen molar-refractivity contribution in [2.75, 3.05) is 40.5 Å². The van der Waals surface area contributed by atoms with Crippen molar-refractivity contribution in [2.24, 2.45) is 0 Å². The summed E-state index contributed by atoms with van der Waals surface area (Å²) in [6.07, 6.45) is 20.1. The van der Waals surface area contributed by atoms with E-state index in [1.165, 1.54) is 63.5 Å². The van der Waals surface area contributed by atoms with Gasteiger partial charge in [-0.3, -0.25) is 4.79 Å². The Bertz CT molecular complexity index is 791. The number of carbonyl (C=O) groups is 1. The molecule has 1 aromatic rings. The van der Waals surface area contributed by atoms with Crippen molar-refractivity contribution in [3.05, 3.63) is 42.1 Å². The molecule has 0 spiro atoms. The molecule has 196 valence electrons. The molecule has 0 unspecified atom stereocenters. The number of unbranched alkanes of at least 4 members (excludes halogenated alkanes) is 9. The highest BCUT2D eigenvalue weighted by atomic mass is 16.5. The van der Waals surface area contributed by atoms with Crippen LogP contribution in [0.4, 0.5) is 0 Å². The van der Waals surface area contributed by atoms with Gasteiger partial charge in [-0.25, -0.2) is 0 Å². The fourth-order valence-corrected chi connectivity index (χ4v) is 4.08. The maximum Gasteiger partial charge on any atom is 0.257 e. The van der Waals surface area contributed by atoms with Crippen molar-refractivity contribution < 1.29 is 19.0 Å². The number of rotatable bonds is 19. The lowest BCUT2D eigenvalue weighted by Crippen LogP contribution is -2.31. The minimum absolute atomic E-state index is 0.0310. The zero-order chi connectivity index (χ0) is 25.1. The Balaban J connectivity index is 1.59. The number of nitrogens with one attached hydrogen (secondary N) is 1. The Morgan fingerprint density at radius 2 is 1.69 bits per heavy atom. The zero-order valence-corrected chi connectivity index (χ0v) is 22.2. The summed E-state index contributed by atoms with van der Waals surface area (Å²) in [5, 5.41) is 2.91. The van der Waals surface area contributed by atoms with Gasteiger partial charge in [0.25, 0.3) is 5.91 Å². The number of amides is 1. The van der Waals surface area contributed by atoms with Crippen LogP contribution in [0.2, 0.25) is 0 Å². The summed E-state index contributed by atoms with van der Waals surface area (Å²) >= 11 is 0. The molecule has 0 saturated heterocycles. The van der Waals surface area contributed by atoms with Gasteiger partial charge in [-0.05, 0) is 24.6 Å². The zero-order valence-electron chi connectivity index (χ0n) is 22.2. The highest BCUT2D eigenvalue weighted by molar-refractivity contribution is 5.77. The van der Waals surface area contributed by atoms with E-state index in [1.807, 2.05) is 12.1 Å². The van der Waals surface area contributed by atoms with E-state index in [9.17, 15) is 4.79 Å². The molecule has 0 fully saturated rings. The average Bonchev–Trinajstić information content (AvgIpc) is 2.87. The third-order valence-electron chi connectivity index (χ3n) is 6.26. The van der Waals surface area contributed by atoms with Crippen molar-refractivity contribution in [3.63, 3.8) is 0 Å². The summed E-state index contributed by atoms with van der Waals surface area (Å²) in [5.74, 6) is 1.78. The molecule has 1 N–H and O–H groups in total. The number of carbonyl (C=O) groups excluding carboxylic acids is 1. The first-order valence-electron chi connectivity index (χ1n) is 13.4. The monoisotopic (exact) mass is 486 g/mol. The fraction of sp³-hybridized carbons (Fsp3) is 0.621. The minimum atomic E-state index is -0.139. The molecular weight excluding hydrogens is 440 g/mol. The van der Waals surface area contributed by atoms with E-state index in [-0.39, 0.29) is 12.5 Å². The third kappa shape index (κ3) is 12.1. The predicted octanol–water partition coefficient (Wildman–Crippen LogP) is 6.27. The van der Waals surface area contributed by atoms with Crippen LogP contribution in [0, 0.1) is 0 Å². The van der Waals surface area contributed by atoms with Crippen LogP contribution in [0.15, 0.2) is 42.1 Å². The molecule has 0 radical (unpaired) electrons. The number of likely N-dealkylation sites (N-methyl/N-ethyl adjacent to an activating group) is 1. The van der Waals surface area contributed by atoms with E-state index in [2.05, 4.69) is 42.4 Å². The van der Waals surface area contributed by atoms with Crippen molar-refractivity contribution >= 4 is 5.91 Å². The topological polar surface area (TPSA) is 60.0 Å². The molecule has 1 heterocycles. The van der Waals surface area contributed by atoms with E-state index in [0.717, 1.165) is 19.4 Å². The molecule has 0 bridgehead atoms. The molecule has 1 aliphatic rings. The van der Waals surface area contributed by atoms with Gasteiger partial charge in [0.2, 0.25) is 0 Å². The first kappa shape index (κ1) is 28.6. The smallest absolute Gasteiger partial charge is 0.257 e. The second-order valence-electron chi connectivity index (χ2n) is 9.20. The van der Waals surface area contributed by atoms with Crippen molar-refractivity contribution in [1.82, 2.24) is 10.2 Å². The van der Waals surface area contributed by atoms with E-state index in [4.69, 9.17) is 14.2 Å². The van der Waals surface area contributed by atoms with Gasteiger partial charge in [-0.2, -0.15) is 0 Å². The van der Waals surface area contributed by atoms with E-state index >= 15 is 0 Å². The lowest BCUT2D eigenvalue weighted by Gasteiger charge is -2.23. The molecule has 0 aromatic heterocycles. The first-order valence-corrected chi connectivity index (χ1v) is 13.4. The van der Waals surface area contributed by atoms with Crippen molar-refractivity contribution in [3.8, 4) is 17.2 Å². The van der Waals surface area contributed by atoms with Crippen molar-refractivity contribution in [1.29, 1.82) is 0 Å². The van der Waals surface area contributed by atoms with Crippen molar-refractivity contribution in [2.45, 2.75) is 77.6 Å². The number of hydrogen-bond donors (Lipinski definition) is 1. The van der Waals surface area contributed by atoms with Gasteiger partial charge in [-0.1, -0.05) is 76.9 Å². The summed E-state index contributed by atoms with van der Waals surface area (Å²) in [5.41, 5.74) is 1.21. The molecule has 6 heteroatoms. The molecule has 1 aromatic carbocycles. The average molecular weight is 487 g/mol. The van der Waals surface area contributed by atoms with Crippen LogP contribution < -0.4 is 19.5 Å². The summed E-state index contributed by atoms with van der Waals surface area (Å²) in [6.45, 7) is 4.40. The summed E-state index contributed by atoms with van der Waals surface area (Å²) in [4.78, 5) is 14.3. The largest absolute Gasteiger partial charge is 0.493 e. The van der Waals surface area contributed by atoms with E-state index in [1.54, 1.807) is 13.2 Å². The SMILES string of the molecule is CCCCCCCCCCCCOc1ccc(OCC(=O)NCCC2=CC=CCN2C)cc1OC. The summed E-state index contributed by atoms with van der Waals surface area (Å²) < 4.78 is 17.0. The Morgan fingerprint density at radius 3 is 2.37 bits per heavy atom. The number of nitrogens with zero attached hydrogens (tertiary/aromatic N) is 1. The fourth-order valence-electron chi connectivity index (χ4n) is 4.08. The van der Waals surface area contributed by atoms with Gasteiger partial charge in [0.15, 0.2) is 18.1 Å².